The predicted octanol–water partition coefficient (Wildman–Crippen LogP) is 2.37. The maximum Gasteiger partial charge on any atom is 0.490 e. The number of hydrogen-bond donors (Lipinski definition) is 2. The first-order chi connectivity index (χ1) is 17.0. The fraction of sp³-hybridized carbons (Fsp3) is 0.391. The number of carbonyl (C=O) groups excluding carboxylic acids is 1. The van der Waals surface area contributed by atoms with Crippen molar-refractivity contribution in [2.75, 3.05) is 13.1 Å². The van der Waals surface area contributed by atoms with Crippen molar-refractivity contribution in [2.24, 2.45) is 5.73 Å². The number of ether oxygens (including phenoxy) is 1. The summed E-state index contributed by atoms with van der Waals surface area (Å²) in [5.41, 5.74) is 8.81. The largest absolute Gasteiger partial charge is 0.490 e. The van der Waals surface area contributed by atoms with E-state index in [-0.39, 0.29) is 5.60 Å². The first kappa shape index (κ1) is 25.4. The van der Waals surface area contributed by atoms with Crippen molar-refractivity contribution >= 4 is 11.9 Å². The molecule has 3 aromatic rings. The highest BCUT2D eigenvalue weighted by atomic mass is 19.4. The molecule has 0 atom stereocenters. The zero-order valence-corrected chi connectivity index (χ0v) is 19.2. The molecule has 0 radical (unpaired) electrons. The van der Waals surface area contributed by atoms with Gasteiger partial charge in [-0.15, -0.1) is 0 Å². The Hall–Kier alpha value is -3.71. The molecule has 4 heterocycles. The second kappa shape index (κ2) is 10.1. The Kier molecular flexibility index (Phi) is 7.13. The standard InChI is InChI=1S/C21H24N6O2.C2HF3O2/c22-20(28)19-11-18-13-29-21(14-27(18)24-19)5-8-25(9-6-21)12-16-1-3-17(4-2-16)26-10-7-23-15-26;3-2(4,5)1(6)7/h1-4,7,10-11,15H,5-6,8-9,12-14H2,(H2,22,28);(H,6,7). The summed E-state index contributed by atoms with van der Waals surface area (Å²) >= 11 is 0. The van der Waals surface area contributed by atoms with Gasteiger partial charge in [-0.25, -0.2) is 9.78 Å². The molecular formula is C23H25F3N6O4. The van der Waals surface area contributed by atoms with Crippen molar-refractivity contribution in [1.29, 1.82) is 0 Å². The summed E-state index contributed by atoms with van der Waals surface area (Å²) in [5.74, 6) is -3.25. The molecule has 2 aliphatic rings. The summed E-state index contributed by atoms with van der Waals surface area (Å²) in [6, 6.07) is 10.3. The number of hydrogen-bond acceptors (Lipinski definition) is 6. The van der Waals surface area contributed by atoms with Crippen molar-refractivity contribution in [1.82, 2.24) is 24.2 Å². The first-order valence-electron chi connectivity index (χ1n) is 11.1. The van der Waals surface area contributed by atoms with Crippen LogP contribution in [0.2, 0.25) is 0 Å². The smallest absolute Gasteiger partial charge is 0.475 e. The van der Waals surface area contributed by atoms with Crippen LogP contribution in [0.15, 0.2) is 49.1 Å². The number of halogens is 3. The summed E-state index contributed by atoms with van der Waals surface area (Å²) in [4.78, 5) is 26.8. The molecule has 2 aromatic heterocycles. The molecule has 0 bridgehead atoms. The Morgan fingerprint density at radius 2 is 1.83 bits per heavy atom. The van der Waals surface area contributed by atoms with Crippen molar-refractivity contribution < 1.29 is 32.6 Å². The van der Waals surface area contributed by atoms with E-state index in [0.29, 0.717) is 18.8 Å². The second-order valence-electron chi connectivity index (χ2n) is 8.73. The molecule has 1 fully saturated rings. The third kappa shape index (κ3) is 5.91. The van der Waals surface area contributed by atoms with Crippen LogP contribution in [0.3, 0.4) is 0 Å². The van der Waals surface area contributed by atoms with Gasteiger partial charge in [0.1, 0.15) is 5.69 Å². The summed E-state index contributed by atoms with van der Waals surface area (Å²) in [6.45, 7) is 4.04. The van der Waals surface area contributed by atoms with E-state index in [9.17, 15) is 18.0 Å². The van der Waals surface area contributed by atoms with E-state index in [1.807, 2.05) is 15.4 Å². The Bertz CT molecular complexity index is 1200. The molecule has 10 nitrogen and oxygen atoms in total. The predicted molar refractivity (Wildman–Crippen MR) is 120 cm³/mol. The van der Waals surface area contributed by atoms with Crippen LogP contribution in [0.1, 0.15) is 34.6 Å². The maximum atomic E-state index is 11.4. The Morgan fingerprint density at radius 1 is 1.17 bits per heavy atom. The monoisotopic (exact) mass is 506 g/mol. The van der Waals surface area contributed by atoms with Crippen LogP contribution < -0.4 is 5.73 Å². The first-order valence-corrected chi connectivity index (χ1v) is 11.1. The summed E-state index contributed by atoms with van der Waals surface area (Å²) < 4.78 is 41.9. The lowest BCUT2D eigenvalue weighted by molar-refractivity contribution is -0.192. The number of nitrogens with two attached hydrogens (primary N) is 1. The van der Waals surface area contributed by atoms with Crippen molar-refractivity contribution in [2.45, 2.75) is 44.3 Å². The van der Waals surface area contributed by atoms with Crippen LogP contribution in [0.4, 0.5) is 13.2 Å². The molecule has 0 saturated carbocycles. The van der Waals surface area contributed by atoms with Crippen molar-refractivity contribution in [3.63, 3.8) is 0 Å². The number of aromatic nitrogens is 4. The van der Waals surface area contributed by atoms with E-state index in [4.69, 9.17) is 20.4 Å². The van der Waals surface area contributed by atoms with Crippen LogP contribution >= 0.6 is 0 Å². The minimum Gasteiger partial charge on any atom is -0.475 e. The molecule has 1 aromatic carbocycles. The molecule has 13 heteroatoms. The average molecular weight is 506 g/mol. The molecule has 1 spiro atoms. The van der Waals surface area contributed by atoms with E-state index >= 15 is 0 Å². The summed E-state index contributed by atoms with van der Waals surface area (Å²) in [6.07, 6.45) is 2.35. The zero-order chi connectivity index (χ0) is 25.9. The molecule has 3 N–H and O–H groups in total. The molecule has 0 unspecified atom stereocenters. The second-order valence-corrected chi connectivity index (χ2v) is 8.73. The summed E-state index contributed by atoms with van der Waals surface area (Å²) in [5, 5.41) is 11.5. The van der Waals surface area contributed by atoms with Crippen LogP contribution in [-0.2, 0) is 29.2 Å². The van der Waals surface area contributed by atoms with Gasteiger partial charge in [-0.1, -0.05) is 12.1 Å². The van der Waals surface area contributed by atoms with E-state index < -0.39 is 18.1 Å². The number of amides is 1. The van der Waals surface area contributed by atoms with Crippen molar-refractivity contribution in [3.05, 3.63) is 66.0 Å². The normalized spacial score (nSPS) is 17.2. The number of carboxylic acid groups (broad SMARTS) is 1. The number of imidazole rings is 1. The molecule has 5 rings (SSSR count). The maximum absolute atomic E-state index is 11.4. The van der Waals surface area contributed by atoms with Gasteiger partial charge in [-0.3, -0.25) is 14.4 Å². The molecular weight excluding hydrogens is 481 g/mol. The topological polar surface area (TPSA) is 128 Å². The van der Waals surface area contributed by atoms with E-state index in [2.05, 4.69) is 39.2 Å². The number of nitrogens with zero attached hydrogens (tertiary/aromatic N) is 5. The van der Waals surface area contributed by atoms with Crippen molar-refractivity contribution in [3.8, 4) is 5.69 Å². The number of aliphatic carboxylic acids is 1. The minimum absolute atomic E-state index is 0.199. The SMILES string of the molecule is NC(=O)c1cc2n(n1)CC1(CCN(Cc3ccc(-n4ccnc4)cc3)CC1)OC2.O=C(O)C(F)(F)F. The lowest BCUT2D eigenvalue weighted by Crippen LogP contribution is -2.50. The number of primary amides is 1. The zero-order valence-electron chi connectivity index (χ0n) is 19.2. The number of piperidine rings is 1. The molecule has 1 amide bonds. The van der Waals surface area contributed by atoms with Gasteiger partial charge in [-0.2, -0.15) is 18.3 Å². The molecule has 1 saturated heterocycles. The Labute approximate surface area is 204 Å². The number of benzene rings is 1. The Morgan fingerprint density at radius 3 is 2.39 bits per heavy atom. The molecule has 0 aliphatic carbocycles. The number of rotatable bonds is 4. The highest BCUT2D eigenvalue weighted by Gasteiger charge is 2.40. The highest BCUT2D eigenvalue weighted by Crippen LogP contribution is 2.33. The number of fused-ring (bicyclic) bond motifs is 1. The minimum atomic E-state index is -5.08. The van der Waals surface area contributed by atoms with E-state index in [1.54, 1.807) is 18.6 Å². The lowest BCUT2D eigenvalue weighted by Gasteiger charge is -2.43. The molecule has 192 valence electrons. The fourth-order valence-corrected chi connectivity index (χ4v) is 4.24. The number of carbonyl (C=O) groups is 2. The molecule has 2 aliphatic heterocycles. The van der Waals surface area contributed by atoms with Gasteiger partial charge in [0.25, 0.3) is 5.91 Å². The van der Waals surface area contributed by atoms with Gasteiger partial charge >= 0.3 is 12.1 Å². The van der Waals surface area contributed by atoms with Crippen LogP contribution in [0, 0.1) is 0 Å². The van der Waals surface area contributed by atoms with Gasteiger partial charge in [0.05, 0.1) is 30.8 Å². The molecule has 36 heavy (non-hydrogen) atoms. The number of alkyl halides is 3. The van der Waals surface area contributed by atoms with Crippen LogP contribution in [0.5, 0.6) is 0 Å². The number of carboxylic acids is 1. The van der Waals surface area contributed by atoms with Gasteiger partial charge < -0.3 is 20.1 Å². The summed E-state index contributed by atoms with van der Waals surface area (Å²) in [7, 11) is 0. The fourth-order valence-electron chi connectivity index (χ4n) is 4.24. The lowest BCUT2D eigenvalue weighted by atomic mass is 9.89. The average Bonchev–Trinajstić information content (AvgIpc) is 3.51. The third-order valence-corrected chi connectivity index (χ3v) is 6.23. The third-order valence-electron chi connectivity index (χ3n) is 6.23. The highest BCUT2D eigenvalue weighted by molar-refractivity contribution is 5.90. The van der Waals surface area contributed by atoms with Gasteiger partial charge in [0.2, 0.25) is 0 Å². The van der Waals surface area contributed by atoms with Crippen LogP contribution in [-0.4, -0.2) is 66.1 Å². The Balaban J connectivity index is 0.000000384. The van der Waals surface area contributed by atoms with Gasteiger partial charge in [0, 0.05) is 37.7 Å². The van der Waals surface area contributed by atoms with Gasteiger partial charge in [0.15, 0.2) is 0 Å². The van der Waals surface area contributed by atoms with Crippen LogP contribution in [0.25, 0.3) is 5.69 Å². The van der Waals surface area contributed by atoms with Gasteiger partial charge in [-0.05, 0) is 36.6 Å². The quantitative estimate of drug-likeness (QED) is 0.556. The van der Waals surface area contributed by atoms with E-state index in [0.717, 1.165) is 43.9 Å². The number of likely N-dealkylation sites (tertiary alicyclic amines) is 1. The van der Waals surface area contributed by atoms with E-state index in [1.165, 1.54) is 5.56 Å².